The van der Waals surface area contributed by atoms with E-state index in [9.17, 15) is 14.3 Å². The van der Waals surface area contributed by atoms with Gasteiger partial charge >= 0.3 is 14.0 Å². The smallest absolute Gasteiger partial charge is 0.438 e. The summed E-state index contributed by atoms with van der Waals surface area (Å²) in [7, 11) is 2.92. The number of carbonyl (C=O) groups excluding carboxylic acids is 1. The fraction of sp³-hybridized carbons (Fsp3) is 0.960. The lowest BCUT2D eigenvalue weighted by atomic mass is 10.0. The van der Waals surface area contributed by atoms with E-state index in [-0.39, 0.29) is 13.2 Å². The van der Waals surface area contributed by atoms with Gasteiger partial charge in [0.15, 0.2) is 0 Å². The van der Waals surface area contributed by atoms with Gasteiger partial charge in [0.25, 0.3) is 0 Å². The number of carbonyl (C=O) groups is 1. The molecule has 0 saturated heterocycles. The van der Waals surface area contributed by atoms with E-state index in [0.29, 0.717) is 17.4 Å². The number of nitrogens with zero attached hydrogens (tertiary/aromatic N) is 1. The minimum Gasteiger partial charge on any atom is -0.438 e. The Labute approximate surface area is 208 Å². The zero-order chi connectivity index (χ0) is 25.7. The van der Waals surface area contributed by atoms with E-state index >= 15 is 0 Å². The maximum atomic E-state index is 12.1. The van der Waals surface area contributed by atoms with Crippen LogP contribution in [0.4, 0.5) is 4.79 Å². The van der Waals surface area contributed by atoms with E-state index in [1.807, 2.05) is 21.1 Å². The second-order valence-electron chi connectivity index (χ2n) is 10.2. The van der Waals surface area contributed by atoms with Gasteiger partial charge in [0.2, 0.25) is 0 Å². The van der Waals surface area contributed by atoms with E-state index in [1.165, 1.54) is 77.7 Å². The number of hydrogen-bond donors (Lipinski definition) is 1. The molecule has 0 aromatic heterocycles. The van der Waals surface area contributed by atoms with Crippen molar-refractivity contribution in [3.8, 4) is 0 Å². The summed E-state index contributed by atoms with van der Waals surface area (Å²) < 4.78 is 32.5. The fourth-order valence-electron chi connectivity index (χ4n) is 3.57. The van der Waals surface area contributed by atoms with Crippen LogP contribution in [0.1, 0.15) is 103 Å². The molecule has 2 atom stereocenters. The van der Waals surface area contributed by atoms with Crippen LogP contribution in [0, 0.1) is 0 Å². The Balaban J connectivity index is 3.96. The van der Waals surface area contributed by atoms with Crippen molar-refractivity contribution in [2.75, 3.05) is 48.0 Å². The standard InChI is InChI=1S/C25H52NO7P/c1-6-7-8-9-10-11-12-13-14-15-16-17-18-19-20-24(33-25(27)30-5)23-32-34(28,29)31-22-21-26(2,3)4/h24H,6-23H2,1-5H3/p+1. The van der Waals surface area contributed by atoms with Crippen LogP contribution in [-0.4, -0.2) is 69.6 Å². The molecule has 0 heterocycles. The van der Waals surface area contributed by atoms with E-state index in [2.05, 4.69) is 11.7 Å². The molecule has 2 unspecified atom stereocenters. The van der Waals surface area contributed by atoms with Crippen LogP contribution < -0.4 is 0 Å². The van der Waals surface area contributed by atoms with Crippen LogP contribution >= 0.6 is 7.82 Å². The van der Waals surface area contributed by atoms with Crippen LogP contribution in [0.3, 0.4) is 0 Å². The molecule has 0 aliphatic carbocycles. The summed E-state index contributed by atoms with van der Waals surface area (Å²) in [6.07, 6.45) is 16.8. The third-order valence-electron chi connectivity index (χ3n) is 5.75. The van der Waals surface area contributed by atoms with Gasteiger partial charge in [-0.3, -0.25) is 9.05 Å². The molecule has 0 saturated carbocycles. The summed E-state index contributed by atoms with van der Waals surface area (Å²) in [5.41, 5.74) is 0. The number of ether oxygens (including phenoxy) is 2. The Kier molecular flexibility index (Phi) is 20.1. The number of rotatable bonds is 23. The van der Waals surface area contributed by atoms with Crippen LogP contribution in [0.25, 0.3) is 0 Å². The first-order valence-corrected chi connectivity index (χ1v) is 14.8. The molecule has 0 aromatic carbocycles. The second-order valence-corrected chi connectivity index (χ2v) is 11.6. The SMILES string of the molecule is CCCCCCCCCCCCCCCCC(COP(=O)(O)OCC[N+](C)(C)C)OC(=O)OC. The molecule has 1 N–H and O–H groups in total. The Hall–Kier alpha value is -0.660. The van der Waals surface area contributed by atoms with E-state index < -0.39 is 20.1 Å². The Morgan fingerprint density at radius 1 is 0.824 bits per heavy atom. The zero-order valence-corrected chi connectivity index (χ0v) is 23.5. The van der Waals surface area contributed by atoms with Gasteiger partial charge in [-0.1, -0.05) is 90.4 Å². The molecule has 0 radical (unpaired) electrons. The van der Waals surface area contributed by atoms with E-state index in [1.54, 1.807) is 0 Å². The topological polar surface area (TPSA) is 91.3 Å². The molecule has 0 rings (SSSR count). The van der Waals surface area contributed by atoms with Gasteiger partial charge in [0.05, 0.1) is 34.9 Å². The average Bonchev–Trinajstić information content (AvgIpc) is 2.76. The van der Waals surface area contributed by atoms with Gasteiger partial charge in [-0.05, 0) is 12.8 Å². The van der Waals surface area contributed by atoms with Gasteiger partial charge in [-0.2, -0.15) is 0 Å². The van der Waals surface area contributed by atoms with Crippen molar-refractivity contribution in [2.45, 2.75) is 109 Å². The Morgan fingerprint density at radius 3 is 1.74 bits per heavy atom. The predicted molar refractivity (Wildman–Crippen MR) is 137 cm³/mol. The number of methoxy groups -OCH3 is 1. The normalized spacial score (nSPS) is 14.5. The molecule has 9 heteroatoms. The number of hydrogen-bond acceptors (Lipinski definition) is 6. The van der Waals surface area contributed by atoms with Crippen molar-refractivity contribution in [1.29, 1.82) is 0 Å². The van der Waals surface area contributed by atoms with Crippen LogP contribution in [-0.2, 0) is 23.1 Å². The molecule has 34 heavy (non-hydrogen) atoms. The van der Waals surface area contributed by atoms with Gasteiger partial charge in [0.1, 0.15) is 19.3 Å². The highest BCUT2D eigenvalue weighted by Crippen LogP contribution is 2.43. The number of unbranched alkanes of at least 4 members (excludes halogenated alkanes) is 13. The second kappa shape index (κ2) is 20.5. The fourth-order valence-corrected chi connectivity index (χ4v) is 4.31. The van der Waals surface area contributed by atoms with Gasteiger partial charge < -0.3 is 18.9 Å². The van der Waals surface area contributed by atoms with Crippen molar-refractivity contribution >= 4 is 14.0 Å². The Bertz CT molecular complexity index is 540. The quantitative estimate of drug-likeness (QED) is 0.0695. The molecule has 0 fully saturated rings. The molecule has 0 amide bonds. The third kappa shape index (κ3) is 23.1. The number of phosphoric ester groups is 1. The first-order chi connectivity index (χ1) is 16.1. The first kappa shape index (κ1) is 33.3. The molecule has 204 valence electrons. The number of phosphoric acid groups is 1. The van der Waals surface area contributed by atoms with Crippen molar-refractivity contribution in [3.05, 3.63) is 0 Å². The summed E-state index contributed by atoms with van der Waals surface area (Å²) in [5.74, 6) is 0. The minimum absolute atomic E-state index is 0.0960. The van der Waals surface area contributed by atoms with Crippen LogP contribution in [0.5, 0.6) is 0 Å². The molecule has 0 aliphatic heterocycles. The maximum absolute atomic E-state index is 12.1. The third-order valence-corrected chi connectivity index (χ3v) is 6.73. The summed E-state index contributed by atoms with van der Waals surface area (Å²) in [6, 6.07) is 0. The van der Waals surface area contributed by atoms with Gasteiger partial charge in [0, 0.05) is 0 Å². The van der Waals surface area contributed by atoms with Gasteiger partial charge in [-0.15, -0.1) is 0 Å². The van der Waals surface area contributed by atoms with E-state index in [0.717, 1.165) is 19.3 Å². The number of quaternary nitrogens is 1. The minimum atomic E-state index is -4.20. The van der Waals surface area contributed by atoms with Crippen LogP contribution in [0.2, 0.25) is 0 Å². The molecule has 0 aliphatic rings. The molecular weight excluding hydrogens is 457 g/mol. The van der Waals surface area contributed by atoms with Crippen molar-refractivity contribution in [1.82, 2.24) is 0 Å². The van der Waals surface area contributed by atoms with E-state index in [4.69, 9.17) is 13.8 Å². The lowest BCUT2D eigenvalue weighted by Crippen LogP contribution is -2.37. The molecule has 0 bridgehead atoms. The summed E-state index contributed by atoms with van der Waals surface area (Å²) in [5, 5.41) is 0. The van der Waals surface area contributed by atoms with Crippen molar-refractivity contribution < 1.29 is 37.3 Å². The highest BCUT2D eigenvalue weighted by atomic mass is 31.2. The van der Waals surface area contributed by atoms with Crippen LogP contribution in [0.15, 0.2) is 0 Å². The molecule has 0 spiro atoms. The summed E-state index contributed by atoms with van der Waals surface area (Å²) in [4.78, 5) is 21.4. The molecular formula is C25H53NO7P+. The lowest BCUT2D eigenvalue weighted by molar-refractivity contribution is -0.870. The van der Waals surface area contributed by atoms with Crippen molar-refractivity contribution in [3.63, 3.8) is 0 Å². The zero-order valence-electron chi connectivity index (χ0n) is 22.6. The highest BCUT2D eigenvalue weighted by molar-refractivity contribution is 7.47. The molecule has 0 aromatic rings. The Morgan fingerprint density at radius 2 is 1.29 bits per heavy atom. The highest BCUT2D eigenvalue weighted by Gasteiger charge is 2.26. The average molecular weight is 511 g/mol. The maximum Gasteiger partial charge on any atom is 0.508 e. The monoisotopic (exact) mass is 510 g/mol. The first-order valence-electron chi connectivity index (χ1n) is 13.3. The lowest BCUT2D eigenvalue weighted by Gasteiger charge is -2.24. The largest absolute Gasteiger partial charge is 0.508 e. The van der Waals surface area contributed by atoms with Crippen molar-refractivity contribution in [2.24, 2.45) is 0 Å². The summed E-state index contributed by atoms with van der Waals surface area (Å²) >= 11 is 0. The predicted octanol–water partition coefficient (Wildman–Crippen LogP) is 6.85. The summed E-state index contributed by atoms with van der Waals surface area (Å²) in [6.45, 7) is 2.71. The molecule has 8 nitrogen and oxygen atoms in total. The van der Waals surface area contributed by atoms with Gasteiger partial charge in [-0.25, -0.2) is 9.36 Å². The number of likely N-dealkylation sites (N-methyl/N-ethyl adjacent to an activating group) is 1.